The number of hydrogen-bond donors (Lipinski definition) is 1. The molecule has 0 spiro atoms. The maximum absolute atomic E-state index is 8.95. The van der Waals surface area contributed by atoms with E-state index in [9.17, 15) is 0 Å². The van der Waals surface area contributed by atoms with Gasteiger partial charge in [-0.3, -0.25) is 0 Å². The number of benzene rings is 1. The first-order valence-electron chi connectivity index (χ1n) is 6.85. The Labute approximate surface area is 121 Å². The molecule has 110 valence electrons. The molecule has 0 saturated heterocycles. The number of rotatable bonds is 8. The van der Waals surface area contributed by atoms with Crippen molar-refractivity contribution in [2.75, 3.05) is 20.8 Å². The van der Waals surface area contributed by atoms with Crippen molar-refractivity contribution in [3.63, 3.8) is 0 Å². The van der Waals surface area contributed by atoms with Crippen LogP contribution in [0.1, 0.15) is 32.3 Å². The van der Waals surface area contributed by atoms with Crippen molar-refractivity contribution >= 4 is 0 Å². The largest absolute Gasteiger partial charge is 0.497 e. The van der Waals surface area contributed by atoms with Crippen molar-refractivity contribution in [1.29, 1.82) is 5.26 Å². The molecule has 1 aromatic carbocycles. The van der Waals surface area contributed by atoms with Crippen molar-refractivity contribution in [3.05, 3.63) is 23.8 Å². The highest BCUT2D eigenvalue weighted by Crippen LogP contribution is 2.24. The quantitative estimate of drug-likeness (QED) is 0.741. The first-order chi connectivity index (χ1) is 9.52. The summed E-state index contributed by atoms with van der Waals surface area (Å²) >= 11 is 0. The molecule has 0 radical (unpaired) electrons. The summed E-state index contributed by atoms with van der Waals surface area (Å²) in [4.78, 5) is 0. The Balaban J connectivity index is 2.41. The average molecular weight is 276 g/mol. The zero-order valence-electron chi connectivity index (χ0n) is 12.8. The minimum atomic E-state index is -0.237. The van der Waals surface area contributed by atoms with Gasteiger partial charge >= 0.3 is 0 Å². The van der Waals surface area contributed by atoms with E-state index in [0.29, 0.717) is 0 Å². The molecular formula is C16H24N2O2. The Hall–Kier alpha value is -1.73. The number of nitriles is 1. The van der Waals surface area contributed by atoms with Gasteiger partial charge in [0.2, 0.25) is 0 Å². The van der Waals surface area contributed by atoms with Crippen LogP contribution in [0.15, 0.2) is 18.2 Å². The van der Waals surface area contributed by atoms with Crippen LogP contribution >= 0.6 is 0 Å². The Morgan fingerprint density at radius 2 is 2.00 bits per heavy atom. The lowest BCUT2D eigenvalue weighted by molar-refractivity contribution is 0.388. The summed E-state index contributed by atoms with van der Waals surface area (Å²) in [6.45, 7) is 5.58. The Kier molecular flexibility index (Phi) is 6.33. The topological polar surface area (TPSA) is 54.3 Å². The van der Waals surface area contributed by atoms with E-state index in [0.717, 1.165) is 43.0 Å². The predicted molar refractivity (Wildman–Crippen MR) is 79.9 cm³/mol. The SMILES string of the molecule is COc1ccc(CNCCCC(C)(C)C#N)c(OC)c1. The van der Waals surface area contributed by atoms with Crippen LogP contribution in [-0.2, 0) is 6.54 Å². The van der Waals surface area contributed by atoms with Crippen LogP contribution in [0.4, 0.5) is 0 Å². The van der Waals surface area contributed by atoms with Crippen molar-refractivity contribution in [2.24, 2.45) is 5.41 Å². The van der Waals surface area contributed by atoms with Crippen LogP contribution in [0.3, 0.4) is 0 Å². The second-order valence-corrected chi connectivity index (χ2v) is 5.45. The number of nitrogens with zero attached hydrogens (tertiary/aromatic N) is 1. The van der Waals surface area contributed by atoms with Crippen molar-refractivity contribution in [2.45, 2.75) is 33.2 Å². The van der Waals surface area contributed by atoms with E-state index in [2.05, 4.69) is 11.4 Å². The molecule has 1 N–H and O–H groups in total. The van der Waals surface area contributed by atoms with Crippen LogP contribution in [0.2, 0.25) is 0 Å². The minimum absolute atomic E-state index is 0.237. The van der Waals surface area contributed by atoms with E-state index in [1.54, 1.807) is 14.2 Å². The highest BCUT2D eigenvalue weighted by molar-refractivity contribution is 5.40. The highest BCUT2D eigenvalue weighted by atomic mass is 16.5. The van der Waals surface area contributed by atoms with Crippen LogP contribution in [0.5, 0.6) is 11.5 Å². The number of ether oxygens (including phenoxy) is 2. The van der Waals surface area contributed by atoms with Gasteiger partial charge in [0.05, 0.1) is 25.7 Å². The second-order valence-electron chi connectivity index (χ2n) is 5.45. The van der Waals surface area contributed by atoms with Gasteiger partial charge in [-0.2, -0.15) is 5.26 Å². The smallest absolute Gasteiger partial charge is 0.127 e. The monoisotopic (exact) mass is 276 g/mol. The van der Waals surface area contributed by atoms with Gasteiger partial charge in [0.1, 0.15) is 11.5 Å². The molecule has 0 aliphatic heterocycles. The van der Waals surface area contributed by atoms with E-state index in [4.69, 9.17) is 14.7 Å². The lowest BCUT2D eigenvalue weighted by Crippen LogP contribution is -2.18. The van der Waals surface area contributed by atoms with Crippen LogP contribution in [-0.4, -0.2) is 20.8 Å². The molecule has 1 rings (SSSR count). The molecule has 4 heteroatoms. The molecule has 0 aliphatic rings. The fourth-order valence-corrected chi connectivity index (χ4v) is 1.93. The molecule has 4 nitrogen and oxygen atoms in total. The zero-order valence-corrected chi connectivity index (χ0v) is 12.8. The summed E-state index contributed by atoms with van der Waals surface area (Å²) in [7, 11) is 3.30. The van der Waals surface area contributed by atoms with Gasteiger partial charge in [0.25, 0.3) is 0 Å². The fraction of sp³-hybridized carbons (Fsp3) is 0.562. The molecule has 20 heavy (non-hydrogen) atoms. The average Bonchev–Trinajstić information content (AvgIpc) is 2.46. The molecule has 0 aromatic heterocycles. The van der Waals surface area contributed by atoms with Gasteiger partial charge < -0.3 is 14.8 Å². The third-order valence-corrected chi connectivity index (χ3v) is 3.27. The van der Waals surface area contributed by atoms with Gasteiger partial charge in [-0.05, 0) is 39.3 Å². The second kappa shape index (κ2) is 7.76. The summed E-state index contributed by atoms with van der Waals surface area (Å²) in [5, 5.41) is 12.3. The lowest BCUT2D eigenvalue weighted by atomic mass is 9.90. The van der Waals surface area contributed by atoms with Crippen molar-refractivity contribution in [1.82, 2.24) is 5.32 Å². The normalized spacial score (nSPS) is 10.9. The third kappa shape index (κ3) is 5.10. The number of hydrogen-bond acceptors (Lipinski definition) is 4. The van der Waals surface area contributed by atoms with Gasteiger partial charge in [-0.25, -0.2) is 0 Å². The van der Waals surface area contributed by atoms with Crippen LogP contribution in [0.25, 0.3) is 0 Å². The number of nitrogens with one attached hydrogen (secondary N) is 1. The first-order valence-corrected chi connectivity index (χ1v) is 6.85. The summed E-state index contributed by atoms with van der Waals surface area (Å²) in [6.07, 6.45) is 1.88. The molecule has 0 amide bonds. The molecule has 0 unspecified atom stereocenters. The zero-order chi connectivity index (χ0) is 15.0. The molecule has 0 fully saturated rings. The maximum Gasteiger partial charge on any atom is 0.127 e. The Morgan fingerprint density at radius 1 is 1.25 bits per heavy atom. The standard InChI is InChI=1S/C16H24N2O2/c1-16(2,12-17)8-5-9-18-11-13-6-7-14(19-3)10-15(13)20-4/h6-7,10,18H,5,8-9,11H2,1-4H3. The van der Waals surface area contributed by atoms with Crippen LogP contribution < -0.4 is 14.8 Å². The summed E-state index contributed by atoms with van der Waals surface area (Å²) in [6, 6.07) is 8.14. The molecule has 0 heterocycles. The van der Waals surface area contributed by atoms with E-state index >= 15 is 0 Å². The van der Waals surface area contributed by atoms with Crippen molar-refractivity contribution < 1.29 is 9.47 Å². The molecule has 0 saturated carbocycles. The summed E-state index contributed by atoms with van der Waals surface area (Å²) in [5.74, 6) is 1.62. The number of methoxy groups -OCH3 is 2. The van der Waals surface area contributed by atoms with E-state index < -0.39 is 0 Å². The molecule has 0 aliphatic carbocycles. The first kappa shape index (κ1) is 16.3. The summed E-state index contributed by atoms with van der Waals surface area (Å²) < 4.78 is 10.5. The molecule has 0 atom stereocenters. The maximum atomic E-state index is 8.95. The van der Waals surface area contributed by atoms with E-state index in [1.165, 1.54) is 0 Å². The van der Waals surface area contributed by atoms with Crippen LogP contribution in [0, 0.1) is 16.7 Å². The molecule has 1 aromatic rings. The Morgan fingerprint density at radius 3 is 2.60 bits per heavy atom. The predicted octanol–water partition coefficient (Wildman–Crippen LogP) is 3.12. The van der Waals surface area contributed by atoms with E-state index in [-0.39, 0.29) is 5.41 Å². The van der Waals surface area contributed by atoms with Gasteiger partial charge in [-0.15, -0.1) is 0 Å². The molecular weight excluding hydrogens is 252 g/mol. The minimum Gasteiger partial charge on any atom is -0.497 e. The lowest BCUT2D eigenvalue weighted by Gasteiger charge is -2.15. The van der Waals surface area contributed by atoms with Gasteiger partial charge in [-0.1, -0.05) is 6.07 Å². The van der Waals surface area contributed by atoms with Gasteiger partial charge in [0, 0.05) is 18.2 Å². The summed E-state index contributed by atoms with van der Waals surface area (Å²) in [5.41, 5.74) is 0.868. The van der Waals surface area contributed by atoms with Gasteiger partial charge in [0.15, 0.2) is 0 Å². The third-order valence-electron chi connectivity index (χ3n) is 3.27. The Bertz CT molecular complexity index is 464. The fourth-order valence-electron chi connectivity index (χ4n) is 1.93. The highest BCUT2D eigenvalue weighted by Gasteiger charge is 2.15. The van der Waals surface area contributed by atoms with E-state index in [1.807, 2.05) is 32.0 Å². The molecule has 0 bridgehead atoms. The van der Waals surface area contributed by atoms with Crippen molar-refractivity contribution in [3.8, 4) is 17.6 Å².